The van der Waals surface area contributed by atoms with Gasteiger partial charge in [-0.05, 0) is 30.7 Å². The molecule has 0 aliphatic rings. The third-order valence-corrected chi connectivity index (χ3v) is 4.12. The molecule has 3 rings (SSSR count). The van der Waals surface area contributed by atoms with Gasteiger partial charge in [-0.3, -0.25) is 9.78 Å². The Morgan fingerprint density at radius 2 is 2.22 bits per heavy atom. The Kier molecular flexibility index (Phi) is 5.87. The average molecular weight is 369 g/mol. The summed E-state index contributed by atoms with van der Waals surface area (Å²) in [5, 5.41) is 10.9. The van der Waals surface area contributed by atoms with Crippen molar-refractivity contribution in [2.24, 2.45) is 0 Å². The van der Waals surface area contributed by atoms with Gasteiger partial charge in [-0.1, -0.05) is 12.1 Å². The van der Waals surface area contributed by atoms with Crippen LogP contribution in [0, 0.1) is 5.82 Å². The Labute approximate surface area is 156 Å². The van der Waals surface area contributed by atoms with E-state index in [1.54, 1.807) is 43.8 Å². The molecule has 0 aliphatic heterocycles. The molecule has 2 heterocycles. The summed E-state index contributed by atoms with van der Waals surface area (Å²) in [5.74, 6) is -0.0773. The first-order valence-electron chi connectivity index (χ1n) is 8.47. The molecule has 0 saturated carbocycles. The number of carbonyl (C=O) groups is 1. The lowest BCUT2D eigenvalue weighted by Gasteiger charge is -2.15. The lowest BCUT2D eigenvalue weighted by molar-refractivity contribution is 0.0937. The highest BCUT2D eigenvalue weighted by molar-refractivity contribution is 5.95. The summed E-state index contributed by atoms with van der Waals surface area (Å²) in [7, 11) is 1.62. The fourth-order valence-corrected chi connectivity index (χ4v) is 2.74. The van der Waals surface area contributed by atoms with E-state index in [2.05, 4.69) is 20.5 Å². The summed E-state index contributed by atoms with van der Waals surface area (Å²) in [6, 6.07) is 8.03. The third-order valence-electron chi connectivity index (χ3n) is 4.12. The molecule has 0 radical (unpaired) electrons. The summed E-state index contributed by atoms with van der Waals surface area (Å²) >= 11 is 0. The van der Waals surface area contributed by atoms with Crippen molar-refractivity contribution in [3.8, 4) is 11.1 Å². The van der Waals surface area contributed by atoms with Gasteiger partial charge in [-0.25, -0.2) is 4.39 Å². The summed E-state index contributed by atoms with van der Waals surface area (Å²) in [6.45, 7) is 2.94. The topological polar surface area (TPSA) is 81.9 Å². The highest BCUT2D eigenvalue weighted by atomic mass is 19.1. The fraction of sp³-hybridized carbons (Fsp3) is 0.263. The van der Waals surface area contributed by atoms with Crippen LogP contribution in [0.15, 0.2) is 49.1 Å². The number of rotatable bonds is 7. The smallest absolute Gasteiger partial charge is 0.251 e. The summed E-state index contributed by atoms with van der Waals surface area (Å²) in [4.78, 5) is 16.4. The number of nitrogens with zero attached hydrogens (tertiary/aromatic N) is 4. The van der Waals surface area contributed by atoms with Gasteiger partial charge in [0.05, 0.1) is 18.8 Å². The van der Waals surface area contributed by atoms with Gasteiger partial charge in [0, 0.05) is 31.0 Å². The quantitative estimate of drug-likeness (QED) is 0.692. The Hall–Kier alpha value is -3.13. The zero-order chi connectivity index (χ0) is 19.2. The van der Waals surface area contributed by atoms with Crippen LogP contribution in [0.5, 0.6) is 0 Å². The number of benzene rings is 1. The van der Waals surface area contributed by atoms with Crippen molar-refractivity contribution in [2.75, 3.05) is 13.7 Å². The van der Waals surface area contributed by atoms with Crippen molar-refractivity contribution in [3.63, 3.8) is 0 Å². The van der Waals surface area contributed by atoms with E-state index in [1.807, 2.05) is 11.5 Å². The monoisotopic (exact) mass is 369 g/mol. The molecule has 3 aromatic rings. The number of methoxy groups -OCH3 is 1. The molecule has 0 bridgehead atoms. The molecule has 1 N–H and O–H groups in total. The predicted molar refractivity (Wildman–Crippen MR) is 97.4 cm³/mol. The number of aromatic nitrogens is 4. The molecule has 1 amide bonds. The average Bonchev–Trinajstić information content (AvgIpc) is 3.15. The van der Waals surface area contributed by atoms with Gasteiger partial charge in [0.25, 0.3) is 5.91 Å². The van der Waals surface area contributed by atoms with Gasteiger partial charge in [0.15, 0.2) is 5.82 Å². The van der Waals surface area contributed by atoms with E-state index in [9.17, 15) is 9.18 Å². The van der Waals surface area contributed by atoms with Crippen molar-refractivity contribution in [1.29, 1.82) is 0 Å². The number of halogens is 1. The summed E-state index contributed by atoms with van der Waals surface area (Å²) in [5.41, 5.74) is 1.43. The van der Waals surface area contributed by atoms with E-state index in [4.69, 9.17) is 4.74 Å². The number of hydrogen-bond donors (Lipinski definition) is 1. The van der Waals surface area contributed by atoms with Crippen LogP contribution in [0.4, 0.5) is 4.39 Å². The van der Waals surface area contributed by atoms with Gasteiger partial charge in [-0.15, -0.1) is 10.2 Å². The first-order valence-corrected chi connectivity index (χ1v) is 8.47. The minimum absolute atomic E-state index is 0.278. The molecule has 1 atom stereocenters. The maximum Gasteiger partial charge on any atom is 0.251 e. The third kappa shape index (κ3) is 4.35. The van der Waals surface area contributed by atoms with Crippen molar-refractivity contribution >= 4 is 5.91 Å². The fourth-order valence-electron chi connectivity index (χ4n) is 2.74. The molecule has 0 spiro atoms. The minimum atomic E-state index is -0.435. The number of nitrogens with one attached hydrogen (secondary N) is 1. The SMILES string of the molecule is COCCn1cnnc1[C@@H](C)NC(=O)c1cccc(-c2ccncc2F)c1. The Balaban J connectivity index is 1.76. The number of carbonyl (C=O) groups excluding carboxylic acids is 1. The molecule has 8 heteroatoms. The second-order valence-corrected chi connectivity index (χ2v) is 6.01. The van der Waals surface area contributed by atoms with Crippen LogP contribution in [0.3, 0.4) is 0 Å². The lowest BCUT2D eigenvalue weighted by Crippen LogP contribution is -2.29. The van der Waals surface area contributed by atoms with Gasteiger partial charge >= 0.3 is 0 Å². The maximum atomic E-state index is 14.0. The number of amides is 1. The first-order chi connectivity index (χ1) is 13.1. The predicted octanol–water partition coefficient (Wildman–Crippen LogP) is 2.62. The highest BCUT2D eigenvalue weighted by Gasteiger charge is 2.17. The van der Waals surface area contributed by atoms with E-state index in [0.29, 0.717) is 35.7 Å². The molecular weight excluding hydrogens is 349 g/mol. The zero-order valence-electron chi connectivity index (χ0n) is 15.1. The summed E-state index contributed by atoms with van der Waals surface area (Å²) < 4.78 is 20.9. The van der Waals surface area contributed by atoms with Gasteiger partial charge < -0.3 is 14.6 Å². The molecule has 0 aliphatic carbocycles. The normalized spacial score (nSPS) is 12.0. The van der Waals surface area contributed by atoms with E-state index in [0.717, 1.165) is 6.20 Å². The van der Waals surface area contributed by atoms with Crippen molar-refractivity contribution in [2.45, 2.75) is 19.5 Å². The molecule has 0 fully saturated rings. The van der Waals surface area contributed by atoms with Crippen LogP contribution >= 0.6 is 0 Å². The van der Waals surface area contributed by atoms with Crippen LogP contribution in [0.1, 0.15) is 29.1 Å². The minimum Gasteiger partial charge on any atom is -0.383 e. The maximum absolute atomic E-state index is 14.0. The number of hydrogen-bond acceptors (Lipinski definition) is 5. The molecule has 27 heavy (non-hydrogen) atoms. The zero-order valence-corrected chi connectivity index (χ0v) is 15.1. The standard InChI is InChI=1S/C19H20FN5O2/c1-13(18-24-22-12-25(18)8-9-27-2)23-19(26)15-5-3-4-14(10-15)16-6-7-21-11-17(16)20/h3-7,10-13H,8-9H2,1-2H3,(H,23,26)/t13-/m1/s1. The number of pyridine rings is 1. The number of ether oxygens (including phenoxy) is 1. The lowest BCUT2D eigenvalue weighted by atomic mass is 10.0. The van der Waals surface area contributed by atoms with E-state index in [-0.39, 0.29) is 11.9 Å². The highest BCUT2D eigenvalue weighted by Crippen LogP contribution is 2.23. The van der Waals surface area contributed by atoms with Gasteiger partial charge in [0.2, 0.25) is 0 Å². The van der Waals surface area contributed by atoms with Crippen molar-refractivity contribution < 1.29 is 13.9 Å². The Morgan fingerprint density at radius 1 is 1.37 bits per heavy atom. The molecular formula is C19H20FN5O2. The van der Waals surface area contributed by atoms with Crippen molar-refractivity contribution in [1.82, 2.24) is 25.1 Å². The van der Waals surface area contributed by atoms with Crippen LogP contribution < -0.4 is 5.32 Å². The molecule has 0 unspecified atom stereocenters. The first kappa shape index (κ1) is 18.7. The molecule has 2 aromatic heterocycles. The Bertz CT molecular complexity index is 928. The molecule has 140 valence electrons. The van der Waals surface area contributed by atoms with E-state index >= 15 is 0 Å². The van der Waals surface area contributed by atoms with Gasteiger partial charge in [-0.2, -0.15) is 0 Å². The largest absolute Gasteiger partial charge is 0.383 e. The molecule has 1 aromatic carbocycles. The molecule has 0 saturated heterocycles. The van der Waals surface area contributed by atoms with E-state index in [1.165, 1.54) is 6.20 Å². The van der Waals surface area contributed by atoms with E-state index < -0.39 is 5.82 Å². The second kappa shape index (κ2) is 8.50. The van der Waals surface area contributed by atoms with Crippen LogP contribution in [-0.4, -0.2) is 39.4 Å². The van der Waals surface area contributed by atoms with Gasteiger partial charge in [0.1, 0.15) is 12.1 Å². The van der Waals surface area contributed by atoms with Crippen LogP contribution in [-0.2, 0) is 11.3 Å². The second-order valence-electron chi connectivity index (χ2n) is 6.01. The van der Waals surface area contributed by atoms with Crippen LogP contribution in [0.25, 0.3) is 11.1 Å². The summed E-state index contributed by atoms with van der Waals surface area (Å²) in [6.07, 6.45) is 4.26. The Morgan fingerprint density at radius 3 is 3.00 bits per heavy atom. The molecule has 7 nitrogen and oxygen atoms in total. The van der Waals surface area contributed by atoms with Crippen LogP contribution in [0.2, 0.25) is 0 Å². The van der Waals surface area contributed by atoms with Crippen molar-refractivity contribution in [3.05, 3.63) is 66.3 Å².